The minimum atomic E-state index is 0.335. The zero-order valence-electron chi connectivity index (χ0n) is 6.89. The van der Waals surface area contributed by atoms with Crippen LogP contribution in [0.3, 0.4) is 0 Å². The molecule has 0 unspecified atom stereocenters. The second-order valence-corrected chi connectivity index (χ2v) is 2.49. The van der Waals surface area contributed by atoms with Gasteiger partial charge < -0.3 is 5.41 Å². The van der Waals surface area contributed by atoms with Crippen molar-refractivity contribution >= 4 is 5.71 Å². The molecule has 1 heteroatoms. The molecule has 0 radical (unpaired) electrons. The summed E-state index contributed by atoms with van der Waals surface area (Å²) < 4.78 is 0. The minimum Gasteiger partial charge on any atom is -0.305 e. The van der Waals surface area contributed by atoms with Gasteiger partial charge in [0.25, 0.3) is 0 Å². The topological polar surface area (TPSA) is 23.9 Å². The Labute approximate surface area is 63.0 Å². The number of hydrogen-bond donors (Lipinski definition) is 1. The Hall–Kier alpha value is -0.850. The highest BCUT2D eigenvalue weighted by Gasteiger charge is 1.94. The molecule has 0 rings (SSSR count). The maximum absolute atomic E-state index is 7.40. The van der Waals surface area contributed by atoms with Gasteiger partial charge in [-0.05, 0) is 18.9 Å². The van der Waals surface area contributed by atoms with Crippen molar-refractivity contribution in [3.63, 3.8) is 0 Å². The van der Waals surface area contributed by atoms with Crippen LogP contribution in [0.25, 0.3) is 0 Å². The molecule has 0 aromatic carbocycles. The lowest BCUT2D eigenvalue weighted by Crippen LogP contribution is -2.00. The van der Waals surface area contributed by atoms with Gasteiger partial charge in [-0.1, -0.05) is 32.1 Å². The second kappa shape index (κ2) is 4.98. The van der Waals surface area contributed by atoms with E-state index in [-0.39, 0.29) is 0 Å². The fourth-order valence-corrected chi connectivity index (χ4v) is 0.463. The fraction of sp³-hybridized carbons (Fsp3) is 0.444. The van der Waals surface area contributed by atoms with E-state index in [1.807, 2.05) is 45.1 Å². The van der Waals surface area contributed by atoms with Crippen molar-refractivity contribution in [2.75, 3.05) is 0 Å². The van der Waals surface area contributed by atoms with Crippen LogP contribution in [0.15, 0.2) is 24.3 Å². The molecule has 0 fully saturated rings. The van der Waals surface area contributed by atoms with Crippen molar-refractivity contribution in [2.24, 2.45) is 5.92 Å². The molecule has 10 heavy (non-hydrogen) atoms. The molecule has 0 spiro atoms. The summed E-state index contributed by atoms with van der Waals surface area (Å²) in [7, 11) is 0. The van der Waals surface area contributed by atoms with E-state index < -0.39 is 0 Å². The van der Waals surface area contributed by atoms with Crippen LogP contribution in [0.1, 0.15) is 20.8 Å². The molecule has 0 aliphatic carbocycles. The molecule has 56 valence electrons. The molecule has 0 saturated carbocycles. The third kappa shape index (κ3) is 4.07. The lowest BCUT2D eigenvalue weighted by atomic mass is 10.1. The Balaban J connectivity index is 3.78. The van der Waals surface area contributed by atoms with Gasteiger partial charge in [0.2, 0.25) is 0 Å². The summed E-state index contributed by atoms with van der Waals surface area (Å²) in [6.45, 7) is 5.99. The first-order valence-electron chi connectivity index (χ1n) is 3.56. The maximum atomic E-state index is 7.40. The summed E-state index contributed by atoms with van der Waals surface area (Å²) >= 11 is 0. The first kappa shape index (κ1) is 9.15. The van der Waals surface area contributed by atoms with Crippen LogP contribution in [0.2, 0.25) is 0 Å². The molecule has 0 aliphatic heterocycles. The van der Waals surface area contributed by atoms with Crippen LogP contribution in [-0.4, -0.2) is 5.71 Å². The molecule has 0 heterocycles. The number of allylic oxidation sites excluding steroid dienone is 4. The number of hydrogen-bond acceptors (Lipinski definition) is 1. The van der Waals surface area contributed by atoms with Gasteiger partial charge in [-0.2, -0.15) is 0 Å². The molecule has 0 amide bonds. The summed E-state index contributed by atoms with van der Waals surface area (Å²) in [4.78, 5) is 0. The quantitative estimate of drug-likeness (QED) is 0.457. The van der Waals surface area contributed by atoms with Gasteiger partial charge in [-0.25, -0.2) is 0 Å². The first-order chi connectivity index (χ1) is 4.68. The average molecular weight is 137 g/mol. The molecule has 0 aromatic rings. The summed E-state index contributed by atoms with van der Waals surface area (Å²) in [5.74, 6) is 0.335. The zero-order valence-corrected chi connectivity index (χ0v) is 6.89. The van der Waals surface area contributed by atoms with Gasteiger partial charge in [0.1, 0.15) is 0 Å². The van der Waals surface area contributed by atoms with Gasteiger partial charge >= 0.3 is 0 Å². The summed E-state index contributed by atoms with van der Waals surface area (Å²) in [5.41, 5.74) is 0.679. The maximum Gasteiger partial charge on any atom is 0.0339 e. The molecule has 0 bridgehead atoms. The van der Waals surface area contributed by atoms with Crippen molar-refractivity contribution in [1.82, 2.24) is 0 Å². The number of rotatable bonds is 3. The molecule has 1 nitrogen and oxygen atoms in total. The Morgan fingerprint density at radius 2 is 1.90 bits per heavy atom. The molecular formula is C9H15N. The molecule has 0 aliphatic rings. The van der Waals surface area contributed by atoms with Crippen LogP contribution in [0.5, 0.6) is 0 Å². The van der Waals surface area contributed by atoms with Gasteiger partial charge in [0, 0.05) is 5.71 Å². The van der Waals surface area contributed by atoms with E-state index in [4.69, 9.17) is 5.41 Å². The van der Waals surface area contributed by atoms with Crippen LogP contribution < -0.4 is 0 Å². The smallest absolute Gasteiger partial charge is 0.0339 e. The normalized spacial score (nSPS) is 12.0. The van der Waals surface area contributed by atoms with E-state index in [0.717, 1.165) is 0 Å². The summed E-state index contributed by atoms with van der Waals surface area (Å²) in [6, 6.07) is 0. The van der Waals surface area contributed by atoms with E-state index in [0.29, 0.717) is 11.6 Å². The van der Waals surface area contributed by atoms with Gasteiger partial charge in [0.05, 0.1) is 0 Å². The van der Waals surface area contributed by atoms with E-state index in [1.54, 1.807) is 0 Å². The average Bonchev–Trinajstić information content (AvgIpc) is 1.88. The SMILES string of the molecule is C/C=C\C=C/C(=N)C(C)C. The Kier molecular flexibility index (Phi) is 4.55. The van der Waals surface area contributed by atoms with E-state index >= 15 is 0 Å². The highest BCUT2D eigenvalue weighted by molar-refractivity contribution is 5.93. The molecule has 1 N–H and O–H groups in total. The van der Waals surface area contributed by atoms with Gasteiger partial charge in [-0.3, -0.25) is 0 Å². The van der Waals surface area contributed by atoms with Crippen LogP contribution >= 0.6 is 0 Å². The minimum absolute atomic E-state index is 0.335. The second-order valence-electron chi connectivity index (χ2n) is 2.49. The highest BCUT2D eigenvalue weighted by Crippen LogP contribution is 1.95. The predicted molar refractivity (Wildman–Crippen MR) is 46.5 cm³/mol. The van der Waals surface area contributed by atoms with Crippen LogP contribution in [-0.2, 0) is 0 Å². The lowest BCUT2D eigenvalue weighted by Gasteiger charge is -1.98. The highest BCUT2D eigenvalue weighted by atomic mass is 14.4. The first-order valence-corrected chi connectivity index (χ1v) is 3.56. The predicted octanol–water partition coefficient (Wildman–Crippen LogP) is 2.79. The largest absolute Gasteiger partial charge is 0.305 e. The molecule has 0 saturated heterocycles. The zero-order chi connectivity index (χ0) is 7.98. The molecule has 0 aromatic heterocycles. The van der Waals surface area contributed by atoms with Crippen LogP contribution in [0.4, 0.5) is 0 Å². The van der Waals surface area contributed by atoms with Crippen molar-refractivity contribution in [1.29, 1.82) is 5.41 Å². The van der Waals surface area contributed by atoms with E-state index in [9.17, 15) is 0 Å². The third-order valence-electron chi connectivity index (χ3n) is 1.20. The third-order valence-corrected chi connectivity index (χ3v) is 1.20. The molecule has 0 atom stereocenters. The van der Waals surface area contributed by atoms with E-state index in [1.165, 1.54) is 0 Å². The lowest BCUT2D eigenvalue weighted by molar-refractivity contribution is 0.882. The Morgan fingerprint density at radius 3 is 2.30 bits per heavy atom. The van der Waals surface area contributed by atoms with Crippen molar-refractivity contribution in [3.8, 4) is 0 Å². The van der Waals surface area contributed by atoms with Crippen molar-refractivity contribution in [3.05, 3.63) is 24.3 Å². The number of nitrogens with one attached hydrogen (secondary N) is 1. The van der Waals surface area contributed by atoms with Crippen molar-refractivity contribution in [2.45, 2.75) is 20.8 Å². The fourth-order valence-electron chi connectivity index (χ4n) is 0.463. The monoisotopic (exact) mass is 137 g/mol. The van der Waals surface area contributed by atoms with E-state index in [2.05, 4.69) is 0 Å². The Morgan fingerprint density at radius 1 is 1.30 bits per heavy atom. The van der Waals surface area contributed by atoms with Gasteiger partial charge in [-0.15, -0.1) is 0 Å². The summed E-state index contributed by atoms with van der Waals surface area (Å²) in [5, 5.41) is 7.40. The van der Waals surface area contributed by atoms with Crippen LogP contribution in [0, 0.1) is 11.3 Å². The standard InChI is InChI=1S/C9H15N/c1-4-5-6-7-9(10)8(2)3/h4-8,10H,1-3H3/b5-4-,7-6-,10-9?. The van der Waals surface area contributed by atoms with Gasteiger partial charge in [0.15, 0.2) is 0 Å². The Bertz CT molecular complexity index is 152. The summed E-state index contributed by atoms with van der Waals surface area (Å²) in [6.07, 6.45) is 7.59. The van der Waals surface area contributed by atoms with Crippen molar-refractivity contribution < 1.29 is 0 Å². The molecular weight excluding hydrogens is 122 g/mol.